The number of unbranched alkanes of at least 4 members (excludes halogenated alkanes) is 14. The Morgan fingerprint density at radius 1 is 0.443 bits per heavy atom. The fourth-order valence-electron chi connectivity index (χ4n) is 6.15. The van der Waals surface area contributed by atoms with Crippen LogP contribution in [0.5, 0.6) is 0 Å². The normalized spacial score (nSPS) is 12.2. The number of rotatable bonds is 41. The summed E-state index contributed by atoms with van der Waals surface area (Å²) in [6.07, 6.45) is 19.1. The first kappa shape index (κ1) is 58.1. The van der Waals surface area contributed by atoms with Gasteiger partial charge in [-0.15, -0.1) is 0 Å². The molecule has 0 spiro atoms. The van der Waals surface area contributed by atoms with Crippen LogP contribution >= 0.6 is 0 Å². The summed E-state index contributed by atoms with van der Waals surface area (Å²) in [5.74, 6) is -0.903. The van der Waals surface area contributed by atoms with Crippen LogP contribution in [0.1, 0.15) is 176 Å². The summed E-state index contributed by atoms with van der Waals surface area (Å²) in [4.78, 5) is 61.5. The molecule has 0 aromatic rings. The molecule has 15 heteroatoms. The van der Waals surface area contributed by atoms with Gasteiger partial charge >= 0.3 is 11.9 Å². The van der Waals surface area contributed by atoms with Crippen LogP contribution in [-0.2, 0) is 52.4 Å². The molecule has 0 aromatic carbocycles. The molecule has 61 heavy (non-hydrogen) atoms. The zero-order valence-electron chi connectivity index (χ0n) is 39.3. The second-order valence-electron chi connectivity index (χ2n) is 17.6. The van der Waals surface area contributed by atoms with Crippen molar-refractivity contribution in [1.82, 2.24) is 16.0 Å². The van der Waals surface area contributed by atoms with Crippen LogP contribution in [0.2, 0.25) is 0 Å². The van der Waals surface area contributed by atoms with Gasteiger partial charge in [-0.1, -0.05) is 77.0 Å². The Kier molecular flexibility index (Phi) is 37.0. The Hall–Kier alpha value is -2.85. The molecule has 1 atom stereocenters. The van der Waals surface area contributed by atoms with E-state index in [1.165, 1.54) is 57.8 Å². The van der Waals surface area contributed by atoms with E-state index in [1.54, 1.807) is 0 Å². The van der Waals surface area contributed by atoms with Gasteiger partial charge in [-0.05, 0) is 73.6 Å². The summed E-state index contributed by atoms with van der Waals surface area (Å²) in [5, 5.41) is 8.54. The van der Waals surface area contributed by atoms with Crippen molar-refractivity contribution in [3.8, 4) is 0 Å². The summed E-state index contributed by atoms with van der Waals surface area (Å²) in [5.41, 5.74) is 4.27. The second-order valence-corrected chi connectivity index (χ2v) is 17.6. The van der Waals surface area contributed by atoms with Crippen molar-refractivity contribution in [1.29, 1.82) is 0 Å². The van der Waals surface area contributed by atoms with E-state index in [9.17, 15) is 24.0 Å². The highest BCUT2D eigenvalue weighted by molar-refractivity contribution is 5.84. The fourth-order valence-corrected chi connectivity index (χ4v) is 6.15. The van der Waals surface area contributed by atoms with Gasteiger partial charge in [-0.2, -0.15) is 0 Å². The molecular weight excluding hydrogens is 785 g/mol. The molecule has 0 aromatic heterocycles. The lowest BCUT2D eigenvalue weighted by Crippen LogP contribution is -2.44. The molecule has 0 bridgehead atoms. The standard InChI is InChI=1S/C46H88N4O11/c1-45(2,3)60-43(54)25-20-18-16-14-12-10-8-7-9-11-13-15-17-19-24-42(53)50-39(44(55)61-46(4,5)6)23-21-22-29-48-40(51)26-31-57-36-38-59-34-30-49-41(52)27-32-56-35-37-58-33-28-47/h39H,7-38,47H2,1-6H3,(H,48,51)(H,49,52)(H,50,53)/t39-/m0/s1. The maximum Gasteiger partial charge on any atom is 0.329 e. The SMILES string of the molecule is CC(C)(C)OC(=O)CCCCCCCCCCCCCCCCC(=O)N[C@@H](CCCCNC(=O)CCOCCOCCNC(=O)CCOCCOCCN)C(=O)OC(C)(C)C. The highest BCUT2D eigenvalue weighted by atomic mass is 16.6. The van der Waals surface area contributed by atoms with Crippen molar-refractivity contribution in [2.45, 2.75) is 194 Å². The highest BCUT2D eigenvalue weighted by Gasteiger charge is 2.26. The lowest BCUT2D eigenvalue weighted by molar-refractivity contribution is -0.159. The molecule has 0 radical (unpaired) electrons. The van der Waals surface area contributed by atoms with E-state index in [-0.39, 0.29) is 43.1 Å². The maximum atomic E-state index is 12.9. The van der Waals surface area contributed by atoms with Crippen LogP contribution in [0.15, 0.2) is 0 Å². The van der Waals surface area contributed by atoms with Gasteiger partial charge in [0.05, 0.1) is 52.9 Å². The van der Waals surface area contributed by atoms with Gasteiger partial charge in [-0.3, -0.25) is 19.2 Å². The van der Waals surface area contributed by atoms with Gasteiger partial charge in [0, 0.05) is 45.3 Å². The molecule has 0 aliphatic rings. The average molecular weight is 873 g/mol. The summed E-state index contributed by atoms with van der Waals surface area (Å²) < 4.78 is 32.4. The zero-order valence-corrected chi connectivity index (χ0v) is 39.3. The Morgan fingerprint density at radius 2 is 0.869 bits per heavy atom. The molecule has 0 unspecified atom stereocenters. The molecule has 5 N–H and O–H groups in total. The number of hydrogen-bond donors (Lipinski definition) is 4. The largest absolute Gasteiger partial charge is 0.460 e. The van der Waals surface area contributed by atoms with Gasteiger partial charge < -0.3 is 50.1 Å². The van der Waals surface area contributed by atoms with Crippen molar-refractivity contribution >= 4 is 29.7 Å². The van der Waals surface area contributed by atoms with Crippen LogP contribution in [0.25, 0.3) is 0 Å². The van der Waals surface area contributed by atoms with Crippen LogP contribution in [0, 0.1) is 0 Å². The maximum absolute atomic E-state index is 12.9. The van der Waals surface area contributed by atoms with Gasteiger partial charge in [0.1, 0.15) is 17.2 Å². The number of hydrogen-bond acceptors (Lipinski definition) is 12. The molecule has 0 heterocycles. The Morgan fingerprint density at radius 3 is 1.34 bits per heavy atom. The third-order valence-corrected chi connectivity index (χ3v) is 9.24. The van der Waals surface area contributed by atoms with E-state index < -0.39 is 23.2 Å². The van der Waals surface area contributed by atoms with Gasteiger partial charge in [0.15, 0.2) is 0 Å². The van der Waals surface area contributed by atoms with E-state index in [0.29, 0.717) is 98.0 Å². The van der Waals surface area contributed by atoms with Crippen molar-refractivity contribution in [2.24, 2.45) is 5.73 Å². The van der Waals surface area contributed by atoms with Crippen molar-refractivity contribution in [3.63, 3.8) is 0 Å². The molecule has 0 fully saturated rings. The number of amides is 3. The molecule has 0 rings (SSSR count). The minimum Gasteiger partial charge on any atom is -0.460 e. The predicted octanol–water partition coefficient (Wildman–Crippen LogP) is 6.60. The van der Waals surface area contributed by atoms with Crippen LogP contribution < -0.4 is 21.7 Å². The Balaban J connectivity index is 3.93. The first-order valence-corrected chi connectivity index (χ1v) is 23.4. The molecule has 15 nitrogen and oxygen atoms in total. The minimum absolute atomic E-state index is 0.0928. The van der Waals surface area contributed by atoms with E-state index >= 15 is 0 Å². The smallest absolute Gasteiger partial charge is 0.329 e. The first-order valence-electron chi connectivity index (χ1n) is 23.4. The summed E-state index contributed by atoms with van der Waals surface area (Å²) in [7, 11) is 0. The number of carbonyl (C=O) groups excluding carboxylic acids is 5. The Bertz CT molecular complexity index is 1130. The lowest BCUT2D eigenvalue weighted by atomic mass is 10.0. The topological polar surface area (TPSA) is 203 Å². The predicted molar refractivity (Wildman–Crippen MR) is 239 cm³/mol. The highest BCUT2D eigenvalue weighted by Crippen LogP contribution is 2.16. The van der Waals surface area contributed by atoms with Crippen LogP contribution in [0.3, 0.4) is 0 Å². The number of nitrogens with two attached hydrogens (primary N) is 1. The monoisotopic (exact) mass is 873 g/mol. The number of esters is 2. The summed E-state index contributed by atoms with van der Waals surface area (Å²) >= 11 is 0. The zero-order chi connectivity index (χ0) is 45.5. The van der Waals surface area contributed by atoms with Crippen molar-refractivity contribution in [2.75, 3.05) is 72.5 Å². The van der Waals surface area contributed by atoms with E-state index in [1.807, 2.05) is 41.5 Å². The number of nitrogens with one attached hydrogen (secondary N) is 3. The molecule has 358 valence electrons. The van der Waals surface area contributed by atoms with Gasteiger partial charge in [0.25, 0.3) is 0 Å². The fraction of sp³-hybridized carbons (Fsp3) is 0.891. The van der Waals surface area contributed by atoms with Gasteiger partial charge in [-0.25, -0.2) is 4.79 Å². The molecule has 0 aliphatic heterocycles. The third-order valence-electron chi connectivity index (χ3n) is 9.24. The van der Waals surface area contributed by atoms with Crippen LogP contribution in [0.4, 0.5) is 0 Å². The van der Waals surface area contributed by atoms with E-state index in [4.69, 9.17) is 34.2 Å². The molecule has 3 amide bonds. The number of carbonyl (C=O) groups is 5. The van der Waals surface area contributed by atoms with E-state index in [0.717, 1.165) is 32.1 Å². The second kappa shape index (κ2) is 38.8. The van der Waals surface area contributed by atoms with Gasteiger partial charge in [0.2, 0.25) is 17.7 Å². The number of ether oxygens (including phenoxy) is 6. The molecular formula is C46H88N4O11. The lowest BCUT2D eigenvalue weighted by Gasteiger charge is -2.24. The minimum atomic E-state index is -0.726. The average Bonchev–Trinajstić information content (AvgIpc) is 3.17. The van der Waals surface area contributed by atoms with E-state index in [2.05, 4.69) is 16.0 Å². The molecule has 0 saturated carbocycles. The van der Waals surface area contributed by atoms with Crippen molar-refractivity contribution in [3.05, 3.63) is 0 Å². The Labute approximate surface area is 369 Å². The summed E-state index contributed by atoms with van der Waals surface area (Å²) in [6, 6.07) is -0.726. The third kappa shape index (κ3) is 43.6. The summed E-state index contributed by atoms with van der Waals surface area (Å²) in [6.45, 7) is 15.4. The first-order chi connectivity index (χ1) is 29.1. The van der Waals surface area contributed by atoms with Crippen LogP contribution in [-0.4, -0.2) is 119 Å². The molecule has 0 aliphatic carbocycles. The van der Waals surface area contributed by atoms with Crippen molar-refractivity contribution < 1.29 is 52.4 Å². The molecule has 0 saturated heterocycles. The quantitative estimate of drug-likeness (QED) is 0.0379.